The number of amides is 1. The summed E-state index contributed by atoms with van der Waals surface area (Å²) in [5, 5.41) is 4.58. The molecule has 1 amide bonds. The number of aromatic nitrogens is 2. The van der Waals surface area contributed by atoms with Gasteiger partial charge in [0.15, 0.2) is 11.6 Å². The molecule has 0 spiro atoms. The number of carbonyl (C=O) groups is 1. The van der Waals surface area contributed by atoms with Crippen LogP contribution in [0.4, 0.5) is 5.69 Å². The van der Waals surface area contributed by atoms with Crippen LogP contribution in [0.3, 0.4) is 0 Å². The molecule has 2 heterocycles. The van der Waals surface area contributed by atoms with Crippen LogP contribution in [0.5, 0.6) is 5.75 Å². The van der Waals surface area contributed by atoms with Gasteiger partial charge in [0, 0.05) is 11.1 Å². The van der Waals surface area contributed by atoms with Crippen LogP contribution in [0, 0.1) is 20.8 Å². The number of anilines is 1. The molecular formula is C19H21N3O3S. The van der Waals surface area contributed by atoms with E-state index in [1.807, 2.05) is 44.4 Å². The summed E-state index contributed by atoms with van der Waals surface area (Å²) < 4.78 is 7.16. The van der Waals surface area contributed by atoms with Crippen LogP contribution in [0.1, 0.15) is 29.4 Å². The Morgan fingerprint density at radius 3 is 2.81 bits per heavy atom. The number of benzene rings is 1. The molecule has 136 valence electrons. The summed E-state index contributed by atoms with van der Waals surface area (Å²) in [5.74, 6) is 0.273. The van der Waals surface area contributed by atoms with Gasteiger partial charge >= 0.3 is 0 Å². The van der Waals surface area contributed by atoms with Crippen LogP contribution in [0.15, 0.2) is 28.4 Å². The van der Waals surface area contributed by atoms with Crippen molar-refractivity contribution in [3.63, 3.8) is 0 Å². The highest BCUT2D eigenvalue weighted by atomic mass is 32.1. The van der Waals surface area contributed by atoms with E-state index in [9.17, 15) is 9.59 Å². The predicted molar refractivity (Wildman–Crippen MR) is 103 cm³/mol. The molecule has 7 heteroatoms. The standard InChI is InChI=1S/C19H21N3O3S/c1-5-14-10-26-19-20-13(4)17(18(24)22(14)19)21-16(23)9-25-15-8-6-7-11(2)12(15)3/h6-8,10H,5,9H2,1-4H3,(H,21,23). The lowest BCUT2D eigenvalue weighted by Gasteiger charge is -2.12. The Kier molecular flexibility index (Phi) is 5.08. The second-order valence-corrected chi connectivity index (χ2v) is 6.95. The van der Waals surface area contributed by atoms with Crippen LogP contribution in [0.2, 0.25) is 0 Å². The van der Waals surface area contributed by atoms with Crippen molar-refractivity contribution in [1.29, 1.82) is 0 Å². The molecule has 0 fully saturated rings. The number of thiazole rings is 1. The maximum absolute atomic E-state index is 12.8. The van der Waals surface area contributed by atoms with Gasteiger partial charge in [-0.1, -0.05) is 19.1 Å². The minimum absolute atomic E-state index is 0.170. The summed E-state index contributed by atoms with van der Waals surface area (Å²) >= 11 is 1.42. The minimum Gasteiger partial charge on any atom is -0.483 e. The molecule has 1 N–H and O–H groups in total. The molecule has 0 aliphatic rings. The average Bonchev–Trinajstić information content (AvgIpc) is 3.02. The first kappa shape index (κ1) is 18.1. The summed E-state index contributed by atoms with van der Waals surface area (Å²) in [6, 6.07) is 5.69. The smallest absolute Gasteiger partial charge is 0.282 e. The highest BCUT2D eigenvalue weighted by Gasteiger charge is 2.16. The van der Waals surface area contributed by atoms with Crippen molar-refractivity contribution in [2.75, 3.05) is 11.9 Å². The number of hydrogen-bond donors (Lipinski definition) is 1. The van der Waals surface area contributed by atoms with Crippen molar-refractivity contribution >= 4 is 27.9 Å². The molecule has 0 aliphatic carbocycles. The maximum atomic E-state index is 12.8. The van der Waals surface area contributed by atoms with E-state index in [2.05, 4.69) is 10.3 Å². The van der Waals surface area contributed by atoms with E-state index >= 15 is 0 Å². The zero-order valence-electron chi connectivity index (χ0n) is 15.3. The number of nitrogens with one attached hydrogen (secondary N) is 1. The summed E-state index contributed by atoms with van der Waals surface area (Å²) in [6.45, 7) is 7.45. The first-order chi connectivity index (χ1) is 12.4. The van der Waals surface area contributed by atoms with Crippen LogP contribution < -0.4 is 15.6 Å². The summed E-state index contributed by atoms with van der Waals surface area (Å²) in [5.41, 5.74) is 3.40. The van der Waals surface area contributed by atoms with Crippen LogP contribution in [0.25, 0.3) is 4.96 Å². The number of aryl methyl sites for hydroxylation is 3. The molecule has 3 aromatic rings. The first-order valence-corrected chi connectivity index (χ1v) is 9.29. The van der Waals surface area contributed by atoms with E-state index in [0.717, 1.165) is 16.8 Å². The van der Waals surface area contributed by atoms with Gasteiger partial charge in [0.05, 0.1) is 5.69 Å². The second-order valence-electron chi connectivity index (χ2n) is 6.11. The molecule has 3 rings (SSSR count). The number of rotatable bonds is 5. The Morgan fingerprint density at radius 1 is 1.31 bits per heavy atom. The third-order valence-electron chi connectivity index (χ3n) is 4.36. The molecular weight excluding hydrogens is 350 g/mol. The normalized spacial score (nSPS) is 10.9. The van der Waals surface area contributed by atoms with E-state index < -0.39 is 0 Å². The SMILES string of the molecule is CCc1csc2nc(C)c(NC(=O)COc3cccc(C)c3C)c(=O)n12. The van der Waals surface area contributed by atoms with Gasteiger partial charge in [-0.05, 0) is 44.4 Å². The van der Waals surface area contributed by atoms with Gasteiger partial charge in [0.1, 0.15) is 11.4 Å². The molecule has 0 saturated heterocycles. The van der Waals surface area contributed by atoms with Crippen LogP contribution >= 0.6 is 11.3 Å². The maximum Gasteiger partial charge on any atom is 0.282 e. The highest BCUT2D eigenvalue weighted by Crippen LogP contribution is 2.21. The first-order valence-electron chi connectivity index (χ1n) is 8.41. The quantitative estimate of drug-likeness (QED) is 0.747. The van der Waals surface area contributed by atoms with E-state index in [1.165, 1.54) is 11.3 Å². The van der Waals surface area contributed by atoms with E-state index in [4.69, 9.17) is 4.74 Å². The number of hydrogen-bond acceptors (Lipinski definition) is 5. The van der Waals surface area contributed by atoms with Gasteiger partial charge < -0.3 is 10.1 Å². The lowest BCUT2D eigenvalue weighted by atomic mass is 10.1. The molecule has 0 atom stereocenters. The predicted octanol–water partition coefficient (Wildman–Crippen LogP) is 3.26. The molecule has 0 unspecified atom stereocenters. The van der Waals surface area contributed by atoms with Crippen molar-refractivity contribution in [2.45, 2.75) is 34.1 Å². The van der Waals surface area contributed by atoms with Gasteiger partial charge in [-0.25, -0.2) is 4.98 Å². The fourth-order valence-corrected chi connectivity index (χ4v) is 3.70. The van der Waals surface area contributed by atoms with Gasteiger partial charge in [0.25, 0.3) is 11.5 Å². The average molecular weight is 371 g/mol. The Labute approximate surface area is 155 Å². The van der Waals surface area contributed by atoms with E-state index in [1.54, 1.807) is 11.3 Å². The Bertz CT molecular complexity index is 1040. The fraction of sp³-hybridized carbons (Fsp3) is 0.316. The van der Waals surface area contributed by atoms with E-state index in [-0.39, 0.29) is 23.8 Å². The van der Waals surface area contributed by atoms with Crippen LogP contribution in [-0.2, 0) is 11.2 Å². The van der Waals surface area contributed by atoms with Gasteiger partial charge in [0.2, 0.25) is 0 Å². The number of nitrogens with zero attached hydrogens (tertiary/aromatic N) is 2. The summed E-state index contributed by atoms with van der Waals surface area (Å²) in [4.78, 5) is 30.1. The van der Waals surface area contributed by atoms with Crippen molar-refractivity contribution in [3.8, 4) is 5.75 Å². The fourth-order valence-electron chi connectivity index (χ4n) is 2.69. The largest absolute Gasteiger partial charge is 0.483 e. The van der Waals surface area contributed by atoms with Crippen molar-refractivity contribution in [2.24, 2.45) is 0 Å². The van der Waals surface area contributed by atoms with E-state index in [0.29, 0.717) is 22.8 Å². The molecule has 2 aromatic heterocycles. The van der Waals surface area contributed by atoms with Gasteiger partial charge in [-0.15, -0.1) is 11.3 Å². The topological polar surface area (TPSA) is 72.7 Å². The Balaban J connectivity index is 1.81. The Hall–Kier alpha value is -2.67. The highest BCUT2D eigenvalue weighted by molar-refractivity contribution is 7.15. The lowest BCUT2D eigenvalue weighted by Crippen LogP contribution is -2.28. The molecule has 26 heavy (non-hydrogen) atoms. The molecule has 0 saturated carbocycles. The molecule has 0 radical (unpaired) electrons. The second kappa shape index (κ2) is 7.29. The third kappa shape index (κ3) is 3.35. The number of carbonyl (C=O) groups excluding carboxylic acids is 1. The lowest BCUT2D eigenvalue weighted by molar-refractivity contribution is -0.118. The van der Waals surface area contributed by atoms with Gasteiger partial charge in [-0.2, -0.15) is 0 Å². The van der Waals surface area contributed by atoms with Gasteiger partial charge in [-0.3, -0.25) is 14.0 Å². The molecule has 0 aliphatic heterocycles. The zero-order chi connectivity index (χ0) is 18.8. The van der Waals surface area contributed by atoms with Crippen molar-refractivity contribution in [3.05, 3.63) is 56.4 Å². The molecule has 1 aromatic carbocycles. The van der Waals surface area contributed by atoms with Crippen molar-refractivity contribution < 1.29 is 9.53 Å². The van der Waals surface area contributed by atoms with Crippen LogP contribution in [-0.4, -0.2) is 21.9 Å². The Morgan fingerprint density at radius 2 is 2.08 bits per heavy atom. The zero-order valence-corrected chi connectivity index (χ0v) is 16.1. The summed E-state index contributed by atoms with van der Waals surface area (Å²) in [6.07, 6.45) is 0.716. The number of fused-ring (bicyclic) bond motifs is 1. The number of ether oxygens (including phenoxy) is 1. The summed E-state index contributed by atoms with van der Waals surface area (Å²) in [7, 11) is 0. The third-order valence-corrected chi connectivity index (χ3v) is 5.24. The minimum atomic E-state index is -0.388. The van der Waals surface area contributed by atoms with Crippen molar-refractivity contribution in [1.82, 2.24) is 9.38 Å². The molecule has 6 nitrogen and oxygen atoms in total. The molecule has 0 bridgehead atoms. The monoisotopic (exact) mass is 371 g/mol.